The summed E-state index contributed by atoms with van der Waals surface area (Å²) >= 11 is 1.29. The van der Waals surface area contributed by atoms with E-state index in [-0.39, 0.29) is 5.25 Å². The van der Waals surface area contributed by atoms with E-state index in [9.17, 15) is 13.2 Å². The smallest absolute Gasteiger partial charge is 0.249 e. The van der Waals surface area contributed by atoms with E-state index in [1.165, 1.54) is 17.8 Å². The van der Waals surface area contributed by atoms with Crippen LogP contribution in [0.4, 0.5) is 13.2 Å². The van der Waals surface area contributed by atoms with Crippen LogP contribution >= 0.6 is 11.8 Å². The highest BCUT2D eigenvalue weighted by atomic mass is 32.2. The Morgan fingerprint density at radius 2 is 2.19 bits per heavy atom. The van der Waals surface area contributed by atoms with E-state index in [2.05, 4.69) is 4.98 Å². The average Bonchev–Trinajstić information content (AvgIpc) is 2.17. The van der Waals surface area contributed by atoms with E-state index >= 15 is 0 Å². The molecule has 1 heterocycles. The summed E-state index contributed by atoms with van der Waals surface area (Å²) in [4.78, 5) is 3.70. The number of pyridine rings is 1. The van der Waals surface area contributed by atoms with E-state index in [1.807, 2.05) is 13.0 Å². The van der Waals surface area contributed by atoms with Crippen molar-refractivity contribution in [2.75, 3.05) is 0 Å². The highest BCUT2D eigenvalue weighted by Gasteiger charge is 2.30. The normalized spacial score (nSPS) is 13.2. The van der Waals surface area contributed by atoms with Gasteiger partial charge >= 0.3 is 6.18 Å². The second kappa shape index (κ2) is 5.21. The van der Waals surface area contributed by atoms with Crippen LogP contribution in [0.5, 0.6) is 0 Å². The standard InChI is InChI=1S/C10H9F3N2S/c1-7(4-5-14)16-9-3-2-8(6-15-9)10(11,12)13/h2-3,6-7H,4H2,1H3. The Labute approximate surface area is 95.5 Å². The fraction of sp³-hybridized carbons (Fsp3) is 0.400. The highest BCUT2D eigenvalue weighted by Crippen LogP contribution is 2.30. The van der Waals surface area contributed by atoms with Gasteiger partial charge in [0.2, 0.25) is 0 Å². The number of thioether (sulfide) groups is 1. The molecule has 0 aliphatic rings. The van der Waals surface area contributed by atoms with Crippen LogP contribution in [0.15, 0.2) is 23.4 Å². The quantitative estimate of drug-likeness (QED) is 0.766. The van der Waals surface area contributed by atoms with Crippen molar-refractivity contribution in [2.45, 2.75) is 29.8 Å². The molecule has 1 unspecified atom stereocenters. The van der Waals surface area contributed by atoms with Gasteiger partial charge in [-0.3, -0.25) is 0 Å². The van der Waals surface area contributed by atoms with Crippen molar-refractivity contribution in [3.8, 4) is 6.07 Å². The van der Waals surface area contributed by atoms with Crippen LogP contribution in [0.3, 0.4) is 0 Å². The number of nitriles is 1. The van der Waals surface area contributed by atoms with Crippen LogP contribution in [0.25, 0.3) is 0 Å². The van der Waals surface area contributed by atoms with Gasteiger partial charge in [0.15, 0.2) is 0 Å². The molecule has 2 nitrogen and oxygen atoms in total. The second-order valence-electron chi connectivity index (χ2n) is 3.17. The molecule has 1 aromatic heterocycles. The summed E-state index contributed by atoms with van der Waals surface area (Å²) < 4.78 is 36.6. The molecule has 0 amide bonds. The third-order valence-electron chi connectivity index (χ3n) is 1.76. The molecule has 1 aromatic rings. The summed E-state index contributed by atoms with van der Waals surface area (Å²) in [6, 6.07) is 4.31. The van der Waals surface area contributed by atoms with Crippen molar-refractivity contribution in [1.82, 2.24) is 4.98 Å². The molecule has 0 aromatic carbocycles. The maximum atomic E-state index is 12.2. The van der Waals surface area contributed by atoms with Crippen molar-refractivity contribution in [2.24, 2.45) is 0 Å². The fourth-order valence-corrected chi connectivity index (χ4v) is 1.82. The Bertz CT molecular complexity index is 381. The Hall–Kier alpha value is -1.22. The molecule has 16 heavy (non-hydrogen) atoms. The van der Waals surface area contributed by atoms with E-state index in [0.29, 0.717) is 11.4 Å². The molecule has 0 N–H and O–H groups in total. The summed E-state index contributed by atoms with van der Waals surface area (Å²) in [5.41, 5.74) is -0.759. The molecule has 0 fully saturated rings. The number of rotatable bonds is 3. The third-order valence-corrected chi connectivity index (χ3v) is 2.82. The molecular formula is C10H9F3N2S. The van der Waals surface area contributed by atoms with Crippen molar-refractivity contribution in [3.63, 3.8) is 0 Å². The van der Waals surface area contributed by atoms with Crippen molar-refractivity contribution in [3.05, 3.63) is 23.9 Å². The zero-order valence-electron chi connectivity index (χ0n) is 8.45. The summed E-state index contributed by atoms with van der Waals surface area (Å²) in [5.74, 6) is 0. The predicted octanol–water partition coefficient (Wildman–Crippen LogP) is 3.49. The summed E-state index contributed by atoms with van der Waals surface area (Å²) in [6.45, 7) is 1.83. The number of nitrogens with zero attached hydrogens (tertiary/aromatic N) is 2. The number of hydrogen-bond donors (Lipinski definition) is 0. The molecule has 0 saturated heterocycles. The zero-order chi connectivity index (χ0) is 12.2. The van der Waals surface area contributed by atoms with Crippen molar-refractivity contribution in [1.29, 1.82) is 5.26 Å². The van der Waals surface area contributed by atoms with Gasteiger partial charge in [0.1, 0.15) is 0 Å². The summed E-state index contributed by atoms with van der Waals surface area (Å²) in [7, 11) is 0. The van der Waals surface area contributed by atoms with Gasteiger partial charge in [-0.15, -0.1) is 11.8 Å². The van der Waals surface area contributed by atoms with Crippen LogP contribution in [0, 0.1) is 11.3 Å². The lowest BCUT2D eigenvalue weighted by atomic mass is 10.3. The summed E-state index contributed by atoms with van der Waals surface area (Å²) in [5, 5.41) is 8.95. The second-order valence-corrected chi connectivity index (χ2v) is 4.63. The topological polar surface area (TPSA) is 36.7 Å². The Kier molecular flexibility index (Phi) is 4.19. The van der Waals surface area contributed by atoms with Gasteiger partial charge in [0, 0.05) is 17.9 Å². The van der Waals surface area contributed by atoms with Crippen LogP contribution in [-0.4, -0.2) is 10.2 Å². The van der Waals surface area contributed by atoms with Crippen LogP contribution in [-0.2, 0) is 6.18 Å². The molecule has 6 heteroatoms. The first-order chi connectivity index (χ1) is 7.43. The first-order valence-electron chi connectivity index (χ1n) is 4.50. The molecule has 86 valence electrons. The van der Waals surface area contributed by atoms with Gasteiger partial charge in [0.05, 0.1) is 16.7 Å². The minimum absolute atomic E-state index is 0.0224. The number of alkyl halides is 3. The fourth-order valence-electron chi connectivity index (χ4n) is 0.994. The lowest BCUT2D eigenvalue weighted by Gasteiger charge is -2.08. The van der Waals surface area contributed by atoms with Gasteiger partial charge in [-0.05, 0) is 12.1 Å². The molecule has 0 spiro atoms. The number of hydrogen-bond acceptors (Lipinski definition) is 3. The Morgan fingerprint density at radius 3 is 2.62 bits per heavy atom. The van der Waals surface area contributed by atoms with Gasteiger partial charge < -0.3 is 0 Å². The van der Waals surface area contributed by atoms with Gasteiger partial charge in [0.25, 0.3) is 0 Å². The Morgan fingerprint density at radius 1 is 1.50 bits per heavy atom. The van der Waals surface area contributed by atoms with Crippen molar-refractivity contribution >= 4 is 11.8 Å². The van der Waals surface area contributed by atoms with E-state index < -0.39 is 11.7 Å². The molecule has 0 aliphatic carbocycles. The van der Waals surface area contributed by atoms with Crippen LogP contribution in [0.1, 0.15) is 18.9 Å². The largest absolute Gasteiger partial charge is 0.417 e. The molecule has 0 bridgehead atoms. The van der Waals surface area contributed by atoms with E-state index in [1.54, 1.807) is 0 Å². The highest BCUT2D eigenvalue weighted by molar-refractivity contribution is 7.99. The van der Waals surface area contributed by atoms with E-state index in [0.717, 1.165) is 12.3 Å². The average molecular weight is 246 g/mol. The number of aromatic nitrogens is 1. The minimum atomic E-state index is -4.35. The lowest BCUT2D eigenvalue weighted by Crippen LogP contribution is -2.05. The first kappa shape index (κ1) is 12.8. The molecule has 0 aliphatic heterocycles. The SMILES string of the molecule is CC(CC#N)Sc1ccc(C(F)(F)F)cn1. The molecule has 0 saturated carbocycles. The maximum Gasteiger partial charge on any atom is 0.417 e. The first-order valence-corrected chi connectivity index (χ1v) is 5.38. The zero-order valence-corrected chi connectivity index (χ0v) is 9.27. The maximum absolute atomic E-state index is 12.2. The molecule has 1 atom stereocenters. The molecular weight excluding hydrogens is 237 g/mol. The van der Waals surface area contributed by atoms with Gasteiger partial charge in [-0.2, -0.15) is 18.4 Å². The molecule has 1 rings (SSSR count). The van der Waals surface area contributed by atoms with Crippen LogP contribution < -0.4 is 0 Å². The number of halogens is 3. The minimum Gasteiger partial charge on any atom is -0.249 e. The van der Waals surface area contributed by atoms with Crippen molar-refractivity contribution < 1.29 is 13.2 Å². The monoisotopic (exact) mass is 246 g/mol. The summed E-state index contributed by atoms with van der Waals surface area (Å²) in [6.07, 6.45) is -3.21. The predicted molar refractivity (Wildman–Crippen MR) is 54.8 cm³/mol. The Balaban J connectivity index is 2.69. The van der Waals surface area contributed by atoms with Crippen LogP contribution in [0.2, 0.25) is 0 Å². The molecule has 0 radical (unpaired) electrons. The van der Waals surface area contributed by atoms with Gasteiger partial charge in [-0.25, -0.2) is 4.98 Å². The third kappa shape index (κ3) is 3.74. The lowest BCUT2D eigenvalue weighted by molar-refractivity contribution is -0.137. The van der Waals surface area contributed by atoms with E-state index in [4.69, 9.17) is 5.26 Å². The van der Waals surface area contributed by atoms with Gasteiger partial charge in [-0.1, -0.05) is 6.92 Å².